The highest BCUT2D eigenvalue weighted by atomic mass is 32.1. The maximum absolute atomic E-state index is 7.25. The molecule has 7 nitrogen and oxygen atoms in total. The molecule has 0 saturated heterocycles. The zero-order chi connectivity index (χ0) is 19.5. The zero-order valence-electron chi connectivity index (χ0n) is 15.5. The van der Waals surface area contributed by atoms with E-state index in [1.807, 2.05) is 16.8 Å². The fourth-order valence-electron chi connectivity index (χ4n) is 3.31. The zero-order valence-corrected chi connectivity index (χ0v) is 16.4. The minimum Gasteiger partial charge on any atom is -0.340 e. The van der Waals surface area contributed by atoms with E-state index in [0.29, 0.717) is 0 Å². The predicted molar refractivity (Wildman–Crippen MR) is 113 cm³/mol. The first-order valence-corrected chi connectivity index (χ1v) is 9.94. The Bertz CT molecular complexity index is 1120. The van der Waals surface area contributed by atoms with Gasteiger partial charge >= 0.3 is 0 Å². The van der Waals surface area contributed by atoms with Crippen LogP contribution in [-0.2, 0) is 6.54 Å². The summed E-state index contributed by atoms with van der Waals surface area (Å²) in [5, 5.41) is 7.04. The van der Waals surface area contributed by atoms with E-state index >= 15 is 0 Å². The molecule has 8 heteroatoms. The highest BCUT2D eigenvalue weighted by Gasteiger charge is 2.16. The van der Waals surface area contributed by atoms with E-state index in [1.54, 1.807) is 23.9 Å². The maximum Gasteiger partial charge on any atom is 0.209 e. The Morgan fingerprint density at radius 2 is 2.07 bits per heavy atom. The second-order valence-corrected chi connectivity index (χ2v) is 7.56. The highest BCUT2D eigenvalue weighted by Crippen LogP contribution is 2.35. The molecule has 0 saturated carbocycles. The summed E-state index contributed by atoms with van der Waals surface area (Å²) in [6.45, 7) is 3.12. The number of hydrazone groups is 1. The van der Waals surface area contributed by atoms with Crippen LogP contribution in [0.3, 0.4) is 0 Å². The fourth-order valence-corrected chi connectivity index (χ4v) is 4.35. The van der Waals surface area contributed by atoms with E-state index < -0.39 is 0 Å². The van der Waals surface area contributed by atoms with Crippen molar-refractivity contribution in [2.75, 3.05) is 0 Å². The molecule has 0 atom stereocenters. The molecule has 3 N–H and O–H groups in total. The summed E-state index contributed by atoms with van der Waals surface area (Å²) < 4.78 is 5.47. The first-order valence-electron chi connectivity index (χ1n) is 9.12. The number of benzene rings is 1. The molecule has 0 amide bonds. The van der Waals surface area contributed by atoms with Gasteiger partial charge in [0, 0.05) is 30.3 Å². The minimum atomic E-state index is 0.259. The van der Waals surface area contributed by atoms with Gasteiger partial charge in [-0.15, -0.1) is 16.5 Å². The normalized spacial score (nSPS) is 12.0. The topological polar surface area (TPSA) is 97.3 Å². The largest absolute Gasteiger partial charge is 0.340 e. The number of nitrogens with one attached hydrogen (secondary N) is 1. The molecule has 28 heavy (non-hydrogen) atoms. The van der Waals surface area contributed by atoms with Gasteiger partial charge in [-0.1, -0.05) is 25.5 Å². The molecule has 4 rings (SSSR count). The second-order valence-electron chi connectivity index (χ2n) is 6.48. The van der Waals surface area contributed by atoms with Crippen molar-refractivity contribution in [3.8, 4) is 16.9 Å². The van der Waals surface area contributed by atoms with Crippen LogP contribution in [0.4, 0.5) is 0 Å². The van der Waals surface area contributed by atoms with Crippen LogP contribution in [0.25, 0.3) is 27.2 Å². The molecule has 0 unspecified atom stereocenters. The third-order valence-electron chi connectivity index (χ3n) is 4.74. The summed E-state index contributed by atoms with van der Waals surface area (Å²) in [4.78, 5) is 4.92. The smallest absolute Gasteiger partial charge is 0.209 e. The van der Waals surface area contributed by atoms with Gasteiger partial charge < -0.3 is 15.0 Å². The average Bonchev–Trinajstić information content (AvgIpc) is 3.44. The van der Waals surface area contributed by atoms with Crippen molar-refractivity contribution in [1.82, 2.24) is 14.1 Å². The van der Waals surface area contributed by atoms with Crippen LogP contribution in [0.5, 0.6) is 0 Å². The number of nitrogens with zero attached hydrogens (tertiary/aromatic N) is 5. The fraction of sp³-hybridized carbons (Fsp3) is 0.200. The van der Waals surface area contributed by atoms with Gasteiger partial charge in [0.15, 0.2) is 0 Å². The number of thiophene rings is 1. The summed E-state index contributed by atoms with van der Waals surface area (Å²) in [7, 11) is 0. The molecule has 0 bridgehead atoms. The van der Waals surface area contributed by atoms with Crippen molar-refractivity contribution in [1.29, 1.82) is 5.53 Å². The Balaban J connectivity index is 1.77. The number of hydrogen-bond donors (Lipinski definition) is 2. The second kappa shape index (κ2) is 7.77. The number of unbranched alkanes of at least 4 members (excludes halogenated alkanes) is 1. The van der Waals surface area contributed by atoms with Crippen LogP contribution >= 0.6 is 11.3 Å². The molecule has 3 aromatic heterocycles. The van der Waals surface area contributed by atoms with Crippen LogP contribution in [0.1, 0.15) is 24.6 Å². The van der Waals surface area contributed by atoms with Gasteiger partial charge in [0.2, 0.25) is 5.84 Å². The number of imidazole rings is 1. The summed E-state index contributed by atoms with van der Waals surface area (Å²) in [6.07, 6.45) is 7.72. The molecule has 0 fully saturated rings. The molecule has 4 aromatic rings. The molecule has 0 spiro atoms. The van der Waals surface area contributed by atoms with Crippen LogP contribution in [0.15, 0.2) is 65.3 Å². The number of aryl methyl sites for hydroxylation is 1. The minimum absolute atomic E-state index is 0.259. The molecule has 0 aliphatic heterocycles. The first-order chi connectivity index (χ1) is 13.7. The Labute approximate surface area is 166 Å². The molecule has 0 radical (unpaired) electrons. The van der Waals surface area contributed by atoms with Crippen molar-refractivity contribution < 1.29 is 0 Å². The summed E-state index contributed by atoms with van der Waals surface area (Å²) in [5.74, 6) is 5.63. The maximum atomic E-state index is 7.25. The van der Waals surface area contributed by atoms with Gasteiger partial charge in [-0.3, -0.25) is 0 Å². The lowest BCUT2D eigenvalue weighted by molar-refractivity contribution is 0.655. The lowest BCUT2D eigenvalue weighted by atomic mass is 10.1. The van der Waals surface area contributed by atoms with Crippen LogP contribution in [-0.4, -0.2) is 20.0 Å². The molecule has 1 aromatic carbocycles. The highest BCUT2D eigenvalue weighted by molar-refractivity contribution is 7.20. The average molecular weight is 392 g/mol. The lowest BCUT2D eigenvalue weighted by Gasteiger charge is -2.11. The van der Waals surface area contributed by atoms with Crippen molar-refractivity contribution in [2.24, 2.45) is 16.1 Å². The molecule has 142 valence electrons. The van der Waals surface area contributed by atoms with Gasteiger partial charge in [0.25, 0.3) is 0 Å². The Morgan fingerprint density at radius 3 is 2.71 bits per heavy atom. The third kappa shape index (κ3) is 3.22. The van der Waals surface area contributed by atoms with Gasteiger partial charge in [0.05, 0.1) is 21.4 Å². The van der Waals surface area contributed by atoms with Crippen LogP contribution < -0.4 is 5.84 Å². The molecule has 3 heterocycles. The summed E-state index contributed by atoms with van der Waals surface area (Å²) in [6, 6.07) is 12.7. The number of fused-ring (bicyclic) bond motifs is 1. The van der Waals surface area contributed by atoms with Crippen molar-refractivity contribution >= 4 is 27.4 Å². The van der Waals surface area contributed by atoms with E-state index in [1.165, 1.54) is 11.3 Å². The SMILES string of the molecule is CCCCn1c(-c2ccc(-n3ccnc3)cc2)cc2sc(/C(N=N)=N/N)cc21. The van der Waals surface area contributed by atoms with Crippen LogP contribution in [0.2, 0.25) is 0 Å². The van der Waals surface area contributed by atoms with Crippen molar-refractivity contribution in [2.45, 2.75) is 26.3 Å². The molecular formula is C20H21N7S. The van der Waals surface area contributed by atoms with Gasteiger partial charge in [-0.25, -0.2) is 10.5 Å². The number of rotatable bonds is 6. The summed E-state index contributed by atoms with van der Waals surface area (Å²) >= 11 is 1.56. The quantitative estimate of drug-likeness (QED) is 0.159. The molecular weight excluding hydrogens is 370 g/mol. The van der Waals surface area contributed by atoms with Crippen molar-refractivity contribution in [3.05, 3.63) is 60.0 Å². The van der Waals surface area contributed by atoms with E-state index in [-0.39, 0.29) is 5.84 Å². The van der Waals surface area contributed by atoms with Crippen LogP contribution in [0, 0.1) is 5.53 Å². The molecule has 0 aliphatic carbocycles. The third-order valence-corrected chi connectivity index (χ3v) is 5.81. The van der Waals surface area contributed by atoms with Gasteiger partial charge in [-0.05, 0) is 36.2 Å². The summed E-state index contributed by atoms with van der Waals surface area (Å²) in [5.41, 5.74) is 11.8. The van der Waals surface area contributed by atoms with E-state index in [9.17, 15) is 0 Å². The number of hydrogen-bond acceptors (Lipinski definition) is 5. The predicted octanol–water partition coefficient (Wildman–Crippen LogP) is 5.01. The number of nitrogens with two attached hydrogens (primary N) is 1. The number of amidine groups is 1. The molecule has 0 aliphatic rings. The van der Waals surface area contributed by atoms with Gasteiger partial charge in [-0.2, -0.15) is 5.10 Å². The Kier molecular flexibility index (Phi) is 5.03. The Hall–Kier alpha value is -3.26. The van der Waals surface area contributed by atoms with E-state index in [4.69, 9.17) is 11.4 Å². The van der Waals surface area contributed by atoms with E-state index in [0.717, 1.165) is 40.2 Å². The number of aromatic nitrogens is 3. The standard InChI is InChI=1S/C20H21N7S/c1-2-3-9-27-16(11-18-17(27)12-19(28-18)20(24-21)25-22)14-4-6-15(7-5-14)26-10-8-23-13-26/h4-8,10-13,21H,2-3,9,22H2,1H3/b24-21?,25-20-. The first kappa shape index (κ1) is 18.1. The van der Waals surface area contributed by atoms with Crippen molar-refractivity contribution in [3.63, 3.8) is 0 Å². The van der Waals surface area contributed by atoms with E-state index in [2.05, 4.69) is 57.0 Å². The Morgan fingerprint density at radius 1 is 1.25 bits per heavy atom. The lowest BCUT2D eigenvalue weighted by Crippen LogP contribution is -2.01. The monoisotopic (exact) mass is 391 g/mol. The van der Waals surface area contributed by atoms with Gasteiger partial charge in [0.1, 0.15) is 0 Å².